The lowest BCUT2D eigenvalue weighted by molar-refractivity contribution is -0.161. The molecule has 0 aliphatic heterocycles. The fourth-order valence-electron chi connectivity index (χ4n) is 3.83. The molecule has 0 spiro atoms. The number of fused-ring (bicyclic) bond motifs is 1. The fourth-order valence-corrected chi connectivity index (χ4v) is 3.83. The molecule has 0 unspecified atom stereocenters. The van der Waals surface area contributed by atoms with Gasteiger partial charge in [-0.2, -0.15) is 0 Å². The molecule has 0 saturated heterocycles. The summed E-state index contributed by atoms with van der Waals surface area (Å²) in [4.78, 5) is 37.4. The van der Waals surface area contributed by atoms with Crippen molar-refractivity contribution in [1.82, 2.24) is 15.0 Å². The van der Waals surface area contributed by atoms with Crippen LogP contribution in [0, 0.1) is 23.7 Å². The molecule has 210 valence electrons. The van der Waals surface area contributed by atoms with E-state index in [4.69, 9.17) is 4.74 Å². The number of esters is 1. The van der Waals surface area contributed by atoms with Gasteiger partial charge in [0.2, 0.25) is 5.91 Å². The van der Waals surface area contributed by atoms with Crippen LogP contribution in [0.1, 0.15) is 47.1 Å². The number of aromatic nitrogens is 3. The third kappa shape index (κ3) is 6.86. The highest BCUT2D eigenvalue weighted by atomic mass is 16.5. The molecule has 1 amide bonds. The van der Waals surface area contributed by atoms with E-state index in [1.165, 1.54) is 13.4 Å². The van der Waals surface area contributed by atoms with Crippen molar-refractivity contribution in [2.75, 3.05) is 17.7 Å². The molecule has 0 radical (unpaired) electrons. The largest absolute Gasteiger partial charge is 0.469 e. The molecule has 3 N–H and O–H groups in total. The molecule has 0 saturated carbocycles. The Balaban J connectivity index is 0.00000134. The van der Waals surface area contributed by atoms with Gasteiger partial charge in [-0.15, -0.1) is 12.8 Å². The quantitative estimate of drug-likeness (QED) is 0.170. The second-order valence-corrected chi connectivity index (χ2v) is 9.78. The van der Waals surface area contributed by atoms with Crippen molar-refractivity contribution in [3.8, 4) is 24.1 Å². The maximum Gasteiger partial charge on any atom is 0.312 e. The van der Waals surface area contributed by atoms with Gasteiger partial charge >= 0.3 is 5.97 Å². The van der Waals surface area contributed by atoms with Gasteiger partial charge in [0.25, 0.3) is 0 Å². The van der Waals surface area contributed by atoms with Crippen molar-refractivity contribution in [1.29, 1.82) is 0 Å². The van der Waals surface area contributed by atoms with E-state index in [-0.39, 0.29) is 5.91 Å². The minimum atomic E-state index is -0.997. The number of terminal acetylenes is 1. The third-order valence-corrected chi connectivity index (χ3v) is 7.01. The van der Waals surface area contributed by atoms with Crippen LogP contribution in [-0.2, 0) is 20.9 Å². The predicted molar refractivity (Wildman–Crippen MR) is 163 cm³/mol. The Kier molecular flexibility index (Phi) is 11.0. The fraction of sp³-hybridized carbons (Fsp3) is 0.312. The zero-order valence-corrected chi connectivity index (χ0v) is 24.3. The zero-order valence-electron chi connectivity index (χ0n) is 24.3. The van der Waals surface area contributed by atoms with Crippen molar-refractivity contribution in [2.24, 2.45) is 10.8 Å². The molecule has 4 aromatic rings. The van der Waals surface area contributed by atoms with E-state index in [9.17, 15) is 9.59 Å². The number of ether oxygens (including phenoxy) is 1. The number of nitrogens with zero attached hydrogens (tertiary/aromatic N) is 2. The second kappa shape index (κ2) is 13.9. The Bertz CT molecular complexity index is 1420. The zero-order chi connectivity index (χ0) is 29.9. The van der Waals surface area contributed by atoms with E-state index in [1.54, 1.807) is 27.7 Å². The van der Waals surface area contributed by atoms with Gasteiger partial charge in [-0.3, -0.25) is 9.59 Å². The lowest BCUT2D eigenvalue weighted by Crippen LogP contribution is -2.48. The maximum absolute atomic E-state index is 13.0. The highest BCUT2D eigenvalue weighted by Crippen LogP contribution is 2.40. The number of amides is 1. The van der Waals surface area contributed by atoms with E-state index in [0.717, 1.165) is 33.7 Å². The molecule has 2 aromatic carbocycles. The number of carbonyl (C=O) groups excluding carboxylic acids is 2. The van der Waals surface area contributed by atoms with E-state index < -0.39 is 16.8 Å². The van der Waals surface area contributed by atoms with Gasteiger partial charge in [0.1, 0.15) is 17.8 Å². The first-order valence-electron chi connectivity index (χ1n) is 13.1. The van der Waals surface area contributed by atoms with E-state index in [1.807, 2.05) is 62.4 Å². The number of methoxy groups -OCH3 is 1. The van der Waals surface area contributed by atoms with Crippen LogP contribution in [-0.4, -0.2) is 33.9 Å². The molecule has 2 heterocycles. The highest BCUT2D eigenvalue weighted by molar-refractivity contribution is 5.99. The molecular formula is C32H39N5O3. The van der Waals surface area contributed by atoms with Gasteiger partial charge in [0, 0.05) is 17.9 Å². The Labute approximate surface area is 237 Å². The average molecular weight is 542 g/mol. The normalized spacial score (nSPS) is 10.8. The monoisotopic (exact) mass is 541 g/mol. The molecule has 2 aromatic heterocycles. The minimum absolute atomic E-state index is 0.263. The summed E-state index contributed by atoms with van der Waals surface area (Å²) in [5.41, 5.74) is 2.38. The topological polar surface area (TPSA) is 109 Å². The van der Waals surface area contributed by atoms with E-state index in [0.29, 0.717) is 12.2 Å². The van der Waals surface area contributed by atoms with Crippen LogP contribution in [0.25, 0.3) is 22.3 Å². The van der Waals surface area contributed by atoms with Crippen molar-refractivity contribution in [2.45, 2.75) is 48.1 Å². The number of hydrogen-bond donors (Lipinski definition) is 3. The summed E-state index contributed by atoms with van der Waals surface area (Å²) < 4.78 is 4.90. The van der Waals surface area contributed by atoms with Crippen LogP contribution in [0.2, 0.25) is 0 Å². The first-order valence-corrected chi connectivity index (χ1v) is 13.1. The van der Waals surface area contributed by atoms with Crippen LogP contribution in [0.5, 0.6) is 0 Å². The van der Waals surface area contributed by atoms with Crippen molar-refractivity contribution < 1.29 is 14.3 Å². The number of hydrogen-bond acceptors (Lipinski definition) is 6. The highest BCUT2D eigenvalue weighted by Gasteiger charge is 2.49. The number of rotatable bonds is 8. The molecule has 0 aliphatic carbocycles. The Morgan fingerprint density at radius 3 is 2.15 bits per heavy atom. The van der Waals surface area contributed by atoms with Crippen molar-refractivity contribution in [3.05, 3.63) is 72.6 Å². The SMILES string of the molecule is C#C.CC.COC(=O)C(C)(C)C(C)(C)C(=O)Nc1ccc(-c2cc3c(NCc4ccccc4)ncnc3[nH]2)cc1. The molecule has 4 rings (SSSR count). The lowest BCUT2D eigenvalue weighted by Gasteiger charge is -2.37. The van der Waals surface area contributed by atoms with Crippen LogP contribution in [0.3, 0.4) is 0 Å². The Morgan fingerprint density at radius 1 is 0.925 bits per heavy atom. The Morgan fingerprint density at radius 2 is 1.55 bits per heavy atom. The number of H-pyrrole nitrogens is 1. The van der Waals surface area contributed by atoms with Crippen molar-refractivity contribution >= 4 is 34.4 Å². The summed E-state index contributed by atoms with van der Waals surface area (Å²) in [5, 5.41) is 7.21. The smallest absolute Gasteiger partial charge is 0.312 e. The number of benzene rings is 2. The van der Waals surface area contributed by atoms with Gasteiger partial charge in [-0.1, -0.05) is 56.3 Å². The maximum atomic E-state index is 13.0. The predicted octanol–water partition coefficient (Wildman–Crippen LogP) is 6.68. The van der Waals surface area contributed by atoms with Gasteiger partial charge < -0.3 is 20.4 Å². The Hall–Kier alpha value is -4.64. The molecule has 0 atom stereocenters. The van der Waals surface area contributed by atoms with Gasteiger partial charge in [0.05, 0.1) is 23.3 Å². The summed E-state index contributed by atoms with van der Waals surface area (Å²) in [6.45, 7) is 11.6. The lowest BCUT2D eigenvalue weighted by atomic mass is 9.67. The molecule has 8 nitrogen and oxygen atoms in total. The molecule has 0 fully saturated rings. The molecule has 8 heteroatoms. The summed E-state index contributed by atoms with van der Waals surface area (Å²) in [7, 11) is 1.33. The summed E-state index contributed by atoms with van der Waals surface area (Å²) >= 11 is 0. The van der Waals surface area contributed by atoms with Crippen LogP contribution >= 0.6 is 0 Å². The first kappa shape index (κ1) is 31.6. The van der Waals surface area contributed by atoms with Crippen LogP contribution in [0.15, 0.2) is 67.0 Å². The van der Waals surface area contributed by atoms with Gasteiger partial charge in [0.15, 0.2) is 0 Å². The number of nitrogens with one attached hydrogen (secondary N) is 3. The van der Waals surface area contributed by atoms with Crippen LogP contribution in [0.4, 0.5) is 11.5 Å². The summed E-state index contributed by atoms with van der Waals surface area (Å²) in [6, 6.07) is 19.6. The summed E-state index contributed by atoms with van der Waals surface area (Å²) in [5.74, 6) is 0.0592. The molecule has 0 bridgehead atoms. The van der Waals surface area contributed by atoms with Gasteiger partial charge in [-0.25, -0.2) is 9.97 Å². The minimum Gasteiger partial charge on any atom is -0.469 e. The summed E-state index contributed by atoms with van der Waals surface area (Å²) in [6.07, 6.45) is 9.53. The van der Waals surface area contributed by atoms with Crippen molar-refractivity contribution in [3.63, 3.8) is 0 Å². The van der Waals surface area contributed by atoms with E-state index in [2.05, 4.69) is 50.6 Å². The number of carbonyl (C=O) groups is 2. The number of aromatic amines is 1. The van der Waals surface area contributed by atoms with E-state index >= 15 is 0 Å². The third-order valence-electron chi connectivity index (χ3n) is 7.01. The molecule has 40 heavy (non-hydrogen) atoms. The molecule has 0 aliphatic rings. The number of anilines is 2. The standard InChI is InChI=1S/C28H31N5O3.C2H6.C2H2/c1-27(2,28(3,4)26(35)36-5)25(34)32-20-13-11-19(12-14-20)22-15-21-23(30-17-31-24(21)33-22)29-16-18-9-7-6-8-10-18;2*1-2/h6-15,17H,16H2,1-5H3,(H,32,34)(H2,29,30,31,33);1-2H3;1-2H. The molecular weight excluding hydrogens is 502 g/mol. The second-order valence-electron chi connectivity index (χ2n) is 9.78. The average Bonchev–Trinajstić information content (AvgIpc) is 3.43. The van der Waals surface area contributed by atoms with Gasteiger partial charge in [-0.05, 0) is 57.0 Å². The van der Waals surface area contributed by atoms with Crippen LogP contribution < -0.4 is 10.6 Å². The first-order chi connectivity index (χ1) is 19.1.